The molecule has 0 saturated heterocycles. The van der Waals surface area contributed by atoms with Crippen LogP contribution in [-0.2, 0) is 9.59 Å². The first-order valence-corrected chi connectivity index (χ1v) is 3.78. The highest BCUT2D eigenvalue weighted by atomic mass is 16.4. The minimum Gasteiger partial charge on any atom is -0.481 e. The van der Waals surface area contributed by atoms with Crippen LogP contribution >= 0.6 is 0 Å². The molecule has 5 nitrogen and oxygen atoms in total. The average molecular weight is 174 g/mol. The highest BCUT2D eigenvalue weighted by Gasteiger charge is 2.18. The molecule has 0 radical (unpaired) electrons. The van der Waals surface area contributed by atoms with E-state index in [2.05, 4.69) is 10.6 Å². The van der Waals surface area contributed by atoms with Gasteiger partial charge in [0.15, 0.2) is 0 Å². The lowest BCUT2D eigenvalue weighted by molar-refractivity contribution is -0.139. The monoisotopic (exact) mass is 174 g/mol. The molecule has 0 heterocycles. The zero-order valence-corrected chi connectivity index (χ0v) is 7.26. The second-order valence-electron chi connectivity index (χ2n) is 2.32. The second-order valence-corrected chi connectivity index (χ2v) is 2.32. The van der Waals surface area contributed by atoms with Gasteiger partial charge < -0.3 is 15.7 Å². The lowest BCUT2D eigenvalue weighted by atomic mass is 10.2. The van der Waals surface area contributed by atoms with E-state index < -0.39 is 12.0 Å². The molecule has 0 aliphatic rings. The first-order valence-electron chi connectivity index (χ1n) is 3.78. The summed E-state index contributed by atoms with van der Waals surface area (Å²) in [5, 5.41) is 13.6. The van der Waals surface area contributed by atoms with Gasteiger partial charge in [0.25, 0.3) is 0 Å². The molecule has 0 bridgehead atoms. The van der Waals surface area contributed by atoms with Gasteiger partial charge in [0, 0.05) is 7.05 Å². The second kappa shape index (κ2) is 5.54. The highest BCUT2D eigenvalue weighted by molar-refractivity contribution is 5.85. The van der Waals surface area contributed by atoms with E-state index in [-0.39, 0.29) is 12.3 Å². The number of carboxylic acids is 1. The predicted octanol–water partition coefficient (Wildman–Crippen LogP) is -0.815. The van der Waals surface area contributed by atoms with Gasteiger partial charge in [0.05, 0.1) is 12.5 Å². The Balaban J connectivity index is 4.02. The van der Waals surface area contributed by atoms with Crippen molar-refractivity contribution in [3.05, 3.63) is 0 Å². The molecule has 0 aromatic heterocycles. The molecule has 3 N–H and O–H groups in total. The molecule has 0 aromatic carbocycles. The van der Waals surface area contributed by atoms with Gasteiger partial charge in [-0.3, -0.25) is 9.59 Å². The molecular weight excluding hydrogens is 160 g/mol. The third kappa shape index (κ3) is 3.92. The minimum atomic E-state index is -0.982. The summed E-state index contributed by atoms with van der Waals surface area (Å²) in [5.41, 5.74) is 0. The number of amides is 1. The summed E-state index contributed by atoms with van der Waals surface area (Å²) >= 11 is 0. The molecule has 0 fully saturated rings. The van der Waals surface area contributed by atoms with Crippen LogP contribution in [0, 0.1) is 0 Å². The van der Waals surface area contributed by atoms with E-state index in [1.54, 1.807) is 0 Å². The number of carbonyl (C=O) groups is 2. The van der Waals surface area contributed by atoms with E-state index in [4.69, 9.17) is 5.11 Å². The molecule has 0 rings (SSSR count). The average Bonchev–Trinajstić information content (AvgIpc) is 2.01. The van der Waals surface area contributed by atoms with Crippen molar-refractivity contribution in [1.82, 2.24) is 10.6 Å². The maximum atomic E-state index is 11.0. The topological polar surface area (TPSA) is 78.4 Å². The Labute approximate surface area is 71.1 Å². The lowest BCUT2D eigenvalue weighted by Crippen LogP contribution is -2.44. The Morgan fingerprint density at radius 2 is 2.08 bits per heavy atom. The van der Waals surface area contributed by atoms with Gasteiger partial charge in [-0.2, -0.15) is 0 Å². The molecule has 0 aliphatic carbocycles. The zero-order valence-electron chi connectivity index (χ0n) is 7.26. The fourth-order valence-electron chi connectivity index (χ4n) is 0.853. The van der Waals surface area contributed by atoms with Crippen LogP contribution in [0.3, 0.4) is 0 Å². The summed E-state index contributed by atoms with van der Waals surface area (Å²) in [5.74, 6) is -1.27. The van der Waals surface area contributed by atoms with Gasteiger partial charge in [-0.15, -0.1) is 0 Å². The number of aliphatic carboxylic acids is 1. The molecule has 70 valence electrons. The number of hydrogen-bond acceptors (Lipinski definition) is 3. The van der Waals surface area contributed by atoms with Crippen molar-refractivity contribution in [2.75, 3.05) is 13.6 Å². The van der Waals surface area contributed by atoms with Crippen molar-refractivity contribution in [3.63, 3.8) is 0 Å². The van der Waals surface area contributed by atoms with Crippen molar-refractivity contribution in [2.24, 2.45) is 0 Å². The maximum absolute atomic E-state index is 11.0. The number of hydrogen-bond donors (Lipinski definition) is 3. The van der Waals surface area contributed by atoms with Crippen LogP contribution in [0.25, 0.3) is 0 Å². The van der Waals surface area contributed by atoms with Gasteiger partial charge in [-0.1, -0.05) is 6.92 Å². The van der Waals surface area contributed by atoms with Crippen molar-refractivity contribution >= 4 is 11.9 Å². The van der Waals surface area contributed by atoms with E-state index in [0.717, 1.165) is 0 Å². The third-order valence-corrected chi connectivity index (χ3v) is 1.39. The Morgan fingerprint density at radius 3 is 2.42 bits per heavy atom. The van der Waals surface area contributed by atoms with Crippen LogP contribution in [-0.4, -0.2) is 36.6 Å². The minimum absolute atomic E-state index is 0.187. The predicted molar refractivity (Wildman–Crippen MR) is 43.8 cm³/mol. The van der Waals surface area contributed by atoms with Crippen LogP contribution in [0.5, 0.6) is 0 Å². The summed E-state index contributed by atoms with van der Waals surface area (Å²) in [6, 6.07) is -0.627. The van der Waals surface area contributed by atoms with Crippen molar-refractivity contribution in [2.45, 2.75) is 19.4 Å². The Bertz CT molecular complexity index is 170. The number of nitrogens with one attached hydrogen (secondary N) is 2. The summed E-state index contributed by atoms with van der Waals surface area (Å²) in [7, 11) is 1.48. The van der Waals surface area contributed by atoms with E-state index in [0.29, 0.717) is 6.54 Å². The molecular formula is C7H14N2O3. The third-order valence-electron chi connectivity index (χ3n) is 1.39. The molecule has 1 unspecified atom stereocenters. The standard InChI is InChI=1S/C7H14N2O3/c1-3-9-5(4-6(10)11)7(12)8-2/h5,9H,3-4H2,1-2H3,(H,8,12)(H,10,11). The van der Waals surface area contributed by atoms with Crippen LogP contribution in [0.4, 0.5) is 0 Å². The van der Waals surface area contributed by atoms with E-state index in [1.807, 2.05) is 6.92 Å². The van der Waals surface area contributed by atoms with Gasteiger partial charge in [-0.25, -0.2) is 0 Å². The van der Waals surface area contributed by atoms with Crippen molar-refractivity contribution < 1.29 is 14.7 Å². The number of carbonyl (C=O) groups excluding carboxylic acids is 1. The Hall–Kier alpha value is -1.10. The van der Waals surface area contributed by atoms with Gasteiger partial charge in [-0.05, 0) is 6.54 Å². The van der Waals surface area contributed by atoms with Crippen molar-refractivity contribution in [1.29, 1.82) is 0 Å². The molecule has 1 amide bonds. The van der Waals surface area contributed by atoms with Crippen LogP contribution in [0.15, 0.2) is 0 Å². The van der Waals surface area contributed by atoms with Crippen LogP contribution in [0.2, 0.25) is 0 Å². The van der Waals surface area contributed by atoms with Gasteiger partial charge in [0.2, 0.25) is 5.91 Å². The highest BCUT2D eigenvalue weighted by Crippen LogP contribution is 1.91. The van der Waals surface area contributed by atoms with Crippen molar-refractivity contribution in [3.8, 4) is 0 Å². The Morgan fingerprint density at radius 1 is 1.50 bits per heavy atom. The number of rotatable bonds is 5. The van der Waals surface area contributed by atoms with E-state index in [9.17, 15) is 9.59 Å². The summed E-state index contributed by atoms with van der Waals surface area (Å²) in [4.78, 5) is 21.3. The summed E-state index contributed by atoms with van der Waals surface area (Å²) in [6.45, 7) is 2.39. The summed E-state index contributed by atoms with van der Waals surface area (Å²) < 4.78 is 0. The van der Waals surface area contributed by atoms with Crippen LogP contribution < -0.4 is 10.6 Å². The molecule has 0 aliphatic heterocycles. The largest absolute Gasteiger partial charge is 0.481 e. The SMILES string of the molecule is CCNC(CC(=O)O)C(=O)NC. The molecule has 0 saturated carbocycles. The van der Waals surface area contributed by atoms with Crippen LogP contribution in [0.1, 0.15) is 13.3 Å². The van der Waals surface area contributed by atoms with Gasteiger partial charge in [0.1, 0.15) is 0 Å². The van der Waals surface area contributed by atoms with Gasteiger partial charge >= 0.3 is 5.97 Å². The quantitative estimate of drug-likeness (QED) is 0.509. The fraction of sp³-hybridized carbons (Fsp3) is 0.714. The molecule has 0 spiro atoms. The summed E-state index contributed by atoms with van der Waals surface area (Å²) in [6.07, 6.45) is -0.187. The maximum Gasteiger partial charge on any atom is 0.305 e. The Kier molecular flexibility index (Phi) is 5.03. The first kappa shape index (κ1) is 10.9. The smallest absolute Gasteiger partial charge is 0.305 e. The molecule has 5 heteroatoms. The normalized spacial score (nSPS) is 12.2. The number of likely N-dealkylation sites (N-methyl/N-ethyl adjacent to an activating group) is 2. The molecule has 12 heavy (non-hydrogen) atoms. The number of carboxylic acid groups (broad SMARTS) is 1. The fourth-order valence-corrected chi connectivity index (χ4v) is 0.853. The van der Waals surface area contributed by atoms with E-state index in [1.165, 1.54) is 7.05 Å². The van der Waals surface area contributed by atoms with E-state index >= 15 is 0 Å². The first-order chi connectivity index (χ1) is 5.61. The molecule has 0 aromatic rings. The molecule has 1 atom stereocenters. The zero-order chi connectivity index (χ0) is 9.56. The lowest BCUT2D eigenvalue weighted by Gasteiger charge is -2.13.